The highest BCUT2D eigenvalue weighted by atomic mass is 19.1. The molecule has 1 spiro atoms. The molecule has 1 aliphatic carbocycles. The SMILES string of the molecule is CON=C1CC2(CCN(C)CC2)OC2C=CC(F)=CC12. The Morgan fingerprint density at radius 3 is 2.90 bits per heavy atom. The summed E-state index contributed by atoms with van der Waals surface area (Å²) in [5.74, 6) is -0.358. The molecule has 0 aromatic heterocycles. The van der Waals surface area contributed by atoms with Crippen LogP contribution in [0.1, 0.15) is 19.3 Å². The number of halogens is 1. The Labute approximate surface area is 118 Å². The minimum Gasteiger partial charge on any atom is -0.399 e. The predicted molar refractivity (Wildman–Crippen MR) is 75.2 cm³/mol. The van der Waals surface area contributed by atoms with Gasteiger partial charge in [-0.25, -0.2) is 4.39 Å². The number of hydrogen-bond donors (Lipinski definition) is 0. The minimum atomic E-state index is -0.224. The summed E-state index contributed by atoms with van der Waals surface area (Å²) in [5, 5.41) is 4.15. The fourth-order valence-electron chi connectivity index (χ4n) is 3.34. The van der Waals surface area contributed by atoms with Crippen molar-refractivity contribution in [3.05, 3.63) is 24.1 Å². The molecule has 20 heavy (non-hydrogen) atoms. The average Bonchev–Trinajstić information content (AvgIpc) is 2.44. The van der Waals surface area contributed by atoms with E-state index in [1.807, 2.05) is 6.08 Å². The Hall–Kier alpha value is -1.20. The molecule has 5 heteroatoms. The van der Waals surface area contributed by atoms with Gasteiger partial charge in [-0.2, -0.15) is 0 Å². The first-order valence-corrected chi connectivity index (χ1v) is 7.14. The van der Waals surface area contributed by atoms with Gasteiger partial charge in [0.25, 0.3) is 0 Å². The van der Waals surface area contributed by atoms with Crippen LogP contribution in [0.5, 0.6) is 0 Å². The van der Waals surface area contributed by atoms with E-state index in [-0.39, 0.29) is 23.4 Å². The van der Waals surface area contributed by atoms with Crippen molar-refractivity contribution in [3.63, 3.8) is 0 Å². The van der Waals surface area contributed by atoms with Crippen molar-refractivity contribution in [2.45, 2.75) is 31.0 Å². The fourth-order valence-corrected chi connectivity index (χ4v) is 3.34. The van der Waals surface area contributed by atoms with Gasteiger partial charge >= 0.3 is 0 Å². The van der Waals surface area contributed by atoms with Crippen molar-refractivity contribution in [1.29, 1.82) is 0 Å². The lowest BCUT2D eigenvalue weighted by atomic mass is 9.77. The summed E-state index contributed by atoms with van der Waals surface area (Å²) in [6.45, 7) is 2.04. The molecule has 0 N–H and O–H groups in total. The van der Waals surface area contributed by atoms with Gasteiger partial charge in [-0.1, -0.05) is 11.2 Å². The quantitative estimate of drug-likeness (QED) is 0.691. The number of piperidine rings is 1. The van der Waals surface area contributed by atoms with Gasteiger partial charge in [-0.15, -0.1) is 0 Å². The van der Waals surface area contributed by atoms with Crippen LogP contribution in [0.2, 0.25) is 0 Å². The van der Waals surface area contributed by atoms with Crippen LogP contribution in [-0.4, -0.2) is 49.6 Å². The van der Waals surface area contributed by atoms with Gasteiger partial charge in [0.15, 0.2) is 0 Å². The van der Waals surface area contributed by atoms with E-state index in [2.05, 4.69) is 17.1 Å². The largest absolute Gasteiger partial charge is 0.399 e. The topological polar surface area (TPSA) is 34.1 Å². The van der Waals surface area contributed by atoms with Crippen molar-refractivity contribution < 1.29 is 14.0 Å². The summed E-state index contributed by atoms with van der Waals surface area (Å²) in [6.07, 6.45) is 7.45. The molecule has 2 fully saturated rings. The second kappa shape index (κ2) is 5.30. The molecular weight excluding hydrogens is 259 g/mol. The molecule has 2 atom stereocenters. The monoisotopic (exact) mass is 280 g/mol. The summed E-state index contributed by atoms with van der Waals surface area (Å²) in [4.78, 5) is 7.28. The van der Waals surface area contributed by atoms with Gasteiger partial charge in [0.05, 0.1) is 23.3 Å². The number of fused-ring (bicyclic) bond motifs is 1. The Bertz CT molecular complexity index is 464. The lowest BCUT2D eigenvalue weighted by molar-refractivity contribution is -0.120. The van der Waals surface area contributed by atoms with E-state index in [0.29, 0.717) is 0 Å². The van der Waals surface area contributed by atoms with E-state index in [1.54, 1.807) is 6.08 Å². The van der Waals surface area contributed by atoms with Crippen LogP contribution in [-0.2, 0) is 9.57 Å². The Balaban J connectivity index is 1.86. The molecule has 0 radical (unpaired) electrons. The number of allylic oxidation sites excluding steroid dienone is 2. The van der Waals surface area contributed by atoms with E-state index >= 15 is 0 Å². The van der Waals surface area contributed by atoms with Crippen molar-refractivity contribution in [3.8, 4) is 0 Å². The zero-order valence-corrected chi connectivity index (χ0v) is 12.0. The lowest BCUT2D eigenvalue weighted by Crippen LogP contribution is -2.54. The number of hydrogen-bond acceptors (Lipinski definition) is 4. The number of likely N-dealkylation sites (tertiary alicyclic amines) is 1. The smallest absolute Gasteiger partial charge is 0.119 e. The van der Waals surface area contributed by atoms with Gasteiger partial charge < -0.3 is 14.5 Å². The van der Waals surface area contributed by atoms with Crippen molar-refractivity contribution in [1.82, 2.24) is 4.90 Å². The Morgan fingerprint density at radius 2 is 2.20 bits per heavy atom. The summed E-state index contributed by atoms with van der Waals surface area (Å²) >= 11 is 0. The molecule has 0 aromatic carbocycles. The third kappa shape index (κ3) is 2.52. The van der Waals surface area contributed by atoms with Crippen LogP contribution in [0.4, 0.5) is 4.39 Å². The van der Waals surface area contributed by atoms with E-state index in [1.165, 1.54) is 13.2 Å². The maximum atomic E-state index is 13.5. The van der Waals surface area contributed by atoms with Crippen molar-refractivity contribution >= 4 is 5.71 Å². The highest BCUT2D eigenvalue weighted by Crippen LogP contribution is 2.40. The number of oxime groups is 1. The molecule has 2 saturated heterocycles. The van der Waals surface area contributed by atoms with Crippen LogP contribution in [0.15, 0.2) is 29.2 Å². The third-order valence-corrected chi connectivity index (χ3v) is 4.52. The predicted octanol–water partition coefficient (Wildman–Crippen LogP) is 2.28. The van der Waals surface area contributed by atoms with Crippen LogP contribution < -0.4 is 0 Å². The standard InChI is InChI=1S/C15H21FN2O2/c1-18-7-5-15(6-8-18)10-13(17-19-2)12-9-11(16)3-4-14(12)20-15/h3-4,9,12,14H,5-8,10H2,1-2H3. The molecular formula is C15H21FN2O2. The average molecular weight is 280 g/mol. The van der Waals surface area contributed by atoms with Gasteiger partial charge in [-0.3, -0.25) is 0 Å². The van der Waals surface area contributed by atoms with Crippen LogP contribution in [0.25, 0.3) is 0 Å². The molecule has 4 nitrogen and oxygen atoms in total. The molecule has 2 heterocycles. The maximum absolute atomic E-state index is 13.5. The molecule has 3 rings (SSSR count). The summed E-state index contributed by atoms with van der Waals surface area (Å²) in [5.41, 5.74) is 0.727. The summed E-state index contributed by atoms with van der Waals surface area (Å²) in [6, 6.07) is 0. The Kier molecular flexibility index (Phi) is 3.65. The highest BCUT2D eigenvalue weighted by Gasteiger charge is 2.46. The number of nitrogens with zero attached hydrogens (tertiary/aromatic N) is 2. The lowest BCUT2D eigenvalue weighted by Gasteiger charge is -2.48. The summed E-state index contributed by atoms with van der Waals surface area (Å²) in [7, 11) is 3.67. The first kappa shape index (κ1) is 13.8. The van der Waals surface area contributed by atoms with Gasteiger partial charge in [0.1, 0.15) is 12.9 Å². The van der Waals surface area contributed by atoms with Gasteiger partial charge in [-0.05, 0) is 32.0 Å². The molecule has 0 aromatic rings. The first-order chi connectivity index (χ1) is 9.62. The highest BCUT2D eigenvalue weighted by molar-refractivity contribution is 5.90. The first-order valence-electron chi connectivity index (χ1n) is 7.14. The molecule has 3 aliphatic rings. The fraction of sp³-hybridized carbons (Fsp3) is 0.667. The normalized spacial score (nSPS) is 35.0. The van der Waals surface area contributed by atoms with Crippen LogP contribution in [0, 0.1) is 5.92 Å². The van der Waals surface area contributed by atoms with E-state index in [0.717, 1.165) is 38.1 Å². The van der Waals surface area contributed by atoms with Gasteiger partial charge in [0.2, 0.25) is 0 Å². The molecule has 0 bridgehead atoms. The second-order valence-electron chi connectivity index (χ2n) is 5.95. The van der Waals surface area contributed by atoms with Crippen molar-refractivity contribution in [2.75, 3.05) is 27.2 Å². The number of ether oxygens (including phenoxy) is 1. The van der Waals surface area contributed by atoms with Crippen LogP contribution in [0.3, 0.4) is 0 Å². The molecule has 2 unspecified atom stereocenters. The maximum Gasteiger partial charge on any atom is 0.119 e. The third-order valence-electron chi connectivity index (χ3n) is 4.52. The molecule has 110 valence electrons. The minimum absolute atomic E-state index is 0.124. The number of rotatable bonds is 1. The zero-order chi connectivity index (χ0) is 14.2. The Morgan fingerprint density at radius 1 is 1.45 bits per heavy atom. The molecule has 2 aliphatic heterocycles. The van der Waals surface area contributed by atoms with Gasteiger partial charge in [0, 0.05) is 19.5 Å². The van der Waals surface area contributed by atoms with Crippen molar-refractivity contribution in [2.24, 2.45) is 11.1 Å². The zero-order valence-electron chi connectivity index (χ0n) is 12.0. The van der Waals surface area contributed by atoms with E-state index < -0.39 is 0 Å². The second-order valence-corrected chi connectivity index (χ2v) is 5.95. The van der Waals surface area contributed by atoms with E-state index in [4.69, 9.17) is 9.57 Å². The summed E-state index contributed by atoms with van der Waals surface area (Å²) < 4.78 is 19.8. The molecule has 0 saturated carbocycles. The van der Waals surface area contributed by atoms with E-state index in [9.17, 15) is 4.39 Å². The van der Waals surface area contributed by atoms with Crippen LogP contribution >= 0.6 is 0 Å². The molecule has 0 amide bonds.